The van der Waals surface area contributed by atoms with Crippen molar-refractivity contribution in [2.75, 3.05) is 7.05 Å². The van der Waals surface area contributed by atoms with E-state index in [1.165, 1.54) is 0 Å². The first-order valence-corrected chi connectivity index (χ1v) is 5.55. The number of hydrogen-bond donors (Lipinski definition) is 2. The second-order valence-corrected chi connectivity index (χ2v) is 3.81. The Labute approximate surface area is 96.3 Å². The molecule has 0 saturated heterocycles. The van der Waals surface area contributed by atoms with E-state index in [2.05, 4.69) is 34.6 Å². The molecule has 0 spiro atoms. The predicted octanol–water partition coefficient (Wildman–Crippen LogP) is 1.45. The Kier molecular flexibility index (Phi) is 4.82. The number of rotatable bonds is 4. The van der Waals surface area contributed by atoms with Crippen LogP contribution in [0.25, 0.3) is 0 Å². The van der Waals surface area contributed by atoms with Crippen molar-refractivity contribution in [3.63, 3.8) is 0 Å². The molecule has 5 heteroatoms. The van der Waals surface area contributed by atoms with E-state index >= 15 is 0 Å². The molecule has 1 aromatic rings. The third-order valence-corrected chi connectivity index (χ3v) is 2.33. The molecule has 1 rings (SSSR count). The zero-order chi connectivity index (χ0) is 12.0. The molecule has 0 fully saturated rings. The van der Waals surface area contributed by atoms with Crippen molar-refractivity contribution < 1.29 is 4.52 Å². The van der Waals surface area contributed by atoms with Gasteiger partial charge < -0.3 is 15.2 Å². The smallest absolute Gasteiger partial charge is 0.191 e. The summed E-state index contributed by atoms with van der Waals surface area (Å²) in [6, 6.07) is 2.31. The second kappa shape index (κ2) is 6.15. The van der Waals surface area contributed by atoms with Gasteiger partial charge in [0.2, 0.25) is 0 Å². The summed E-state index contributed by atoms with van der Waals surface area (Å²) in [7, 11) is 1.75. The first-order chi connectivity index (χ1) is 7.65. The highest BCUT2D eigenvalue weighted by molar-refractivity contribution is 5.79. The molecule has 0 aliphatic heterocycles. The number of guanidine groups is 1. The number of aryl methyl sites for hydroxylation is 1. The highest BCUT2D eigenvalue weighted by Crippen LogP contribution is 2.00. The standard InChI is InChI=1S/C11H20N4O/c1-5-8(2)14-11(12-4)13-7-10-6-9(3)15-16-10/h6,8H,5,7H2,1-4H3,(H2,12,13,14). The van der Waals surface area contributed by atoms with Crippen molar-refractivity contribution >= 4 is 5.96 Å². The van der Waals surface area contributed by atoms with Gasteiger partial charge in [-0.1, -0.05) is 12.1 Å². The normalized spacial score (nSPS) is 13.6. The van der Waals surface area contributed by atoms with Crippen molar-refractivity contribution in [2.24, 2.45) is 4.99 Å². The predicted molar refractivity (Wildman–Crippen MR) is 64.3 cm³/mol. The van der Waals surface area contributed by atoms with Crippen LogP contribution < -0.4 is 10.6 Å². The van der Waals surface area contributed by atoms with Crippen molar-refractivity contribution in [2.45, 2.75) is 39.8 Å². The molecule has 1 atom stereocenters. The van der Waals surface area contributed by atoms with Gasteiger partial charge in [0.05, 0.1) is 12.2 Å². The van der Waals surface area contributed by atoms with E-state index in [0.29, 0.717) is 12.6 Å². The maximum atomic E-state index is 5.10. The van der Waals surface area contributed by atoms with E-state index in [-0.39, 0.29) is 0 Å². The molecule has 0 saturated carbocycles. The van der Waals surface area contributed by atoms with Crippen molar-refractivity contribution in [3.8, 4) is 0 Å². The lowest BCUT2D eigenvalue weighted by atomic mass is 10.3. The summed E-state index contributed by atoms with van der Waals surface area (Å²) in [5.74, 6) is 1.59. The minimum Gasteiger partial charge on any atom is -0.359 e. The topological polar surface area (TPSA) is 62.5 Å². The summed E-state index contributed by atoms with van der Waals surface area (Å²) in [6.45, 7) is 6.74. The Morgan fingerprint density at radius 3 is 2.88 bits per heavy atom. The average Bonchev–Trinajstić information content (AvgIpc) is 2.69. The summed E-state index contributed by atoms with van der Waals surface area (Å²) < 4.78 is 5.10. The molecule has 1 heterocycles. The number of aromatic nitrogens is 1. The number of aliphatic imine (C=N–C) groups is 1. The summed E-state index contributed by atoms with van der Waals surface area (Å²) in [4.78, 5) is 4.13. The van der Waals surface area contributed by atoms with E-state index < -0.39 is 0 Å². The third-order valence-electron chi connectivity index (χ3n) is 2.33. The fourth-order valence-electron chi connectivity index (χ4n) is 1.20. The highest BCUT2D eigenvalue weighted by atomic mass is 16.5. The van der Waals surface area contributed by atoms with Crippen LogP contribution in [0, 0.1) is 6.92 Å². The third kappa shape index (κ3) is 3.92. The van der Waals surface area contributed by atoms with Crippen LogP contribution in [-0.4, -0.2) is 24.2 Å². The molecule has 2 N–H and O–H groups in total. The zero-order valence-electron chi connectivity index (χ0n) is 10.4. The molecule has 16 heavy (non-hydrogen) atoms. The van der Waals surface area contributed by atoms with Crippen LogP contribution in [-0.2, 0) is 6.54 Å². The van der Waals surface area contributed by atoms with Crippen molar-refractivity contribution in [1.82, 2.24) is 15.8 Å². The Hall–Kier alpha value is -1.52. The molecule has 0 amide bonds. The van der Waals surface area contributed by atoms with Gasteiger partial charge in [-0.15, -0.1) is 0 Å². The van der Waals surface area contributed by atoms with Gasteiger partial charge in [-0.25, -0.2) is 0 Å². The van der Waals surface area contributed by atoms with E-state index in [0.717, 1.165) is 23.8 Å². The molecule has 1 aromatic heterocycles. The van der Waals surface area contributed by atoms with Crippen LogP contribution >= 0.6 is 0 Å². The van der Waals surface area contributed by atoms with Gasteiger partial charge in [0, 0.05) is 19.2 Å². The second-order valence-electron chi connectivity index (χ2n) is 3.81. The summed E-state index contributed by atoms with van der Waals surface area (Å²) in [5.41, 5.74) is 0.890. The molecule has 1 unspecified atom stereocenters. The van der Waals surface area contributed by atoms with Gasteiger partial charge in [-0.2, -0.15) is 0 Å². The lowest BCUT2D eigenvalue weighted by Crippen LogP contribution is -2.41. The molecule has 0 aliphatic carbocycles. The molecule has 90 valence electrons. The molecule has 0 aliphatic rings. The molecule has 0 aromatic carbocycles. The van der Waals surface area contributed by atoms with Crippen molar-refractivity contribution in [3.05, 3.63) is 17.5 Å². The number of hydrogen-bond acceptors (Lipinski definition) is 3. The highest BCUT2D eigenvalue weighted by Gasteiger charge is 2.04. The molecule has 0 bridgehead atoms. The lowest BCUT2D eigenvalue weighted by molar-refractivity contribution is 0.376. The fourth-order valence-corrected chi connectivity index (χ4v) is 1.20. The van der Waals surface area contributed by atoms with Crippen molar-refractivity contribution in [1.29, 1.82) is 0 Å². The Morgan fingerprint density at radius 1 is 1.62 bits per heavy atom. The van der Waals surface area contributed by atoms with Gasteiger partial charge >= 0.3 is 0 Å². The number of nitrogens with zero attached hydrogens (tertiary/aromatic N) is 2. The van der Waals surface area contributed by atoms with Gasteiger partial charge in [0.25, 0.3) is 0 Å². The Morgan fingerprint density at radius 2 is 2.38 bits per heavy atom. The maximum Gasteiger partial charge on any atom is 0.191 e. The quantitative estimate of drug-likeness (QED) is 0.600. The monoisotopic (exact) mass is 224 g/mol. The Bertz CT molecular complexity index is 346. The van der Waals surface area contributed by atoms with Gasteiger partial charge in [0.1, 0.15) is 0 Å². The van der Waals surface area contributed by atoms with Crippen LogP contribution in [0.1, 0.15) is 31.7 Å². The van der Waals surface area contributed by atoms with E-state index in [4.69, 9.17) is 4.52 Å². The van der Waals surface area contributed by atoms with Crippen LogP contribution in [0.5, 0.6) is 0 Å². The first kappa shape index (κ1) is 12.5. The largest absolute Gasteiger partial charge is 0.359 e. The summed E-state index contributed by atoms with van der Waals surface area (Å²) in [5, 5.41) is 10.3. The van der Waals surface area contributed by atoms with E-state index in [1.54, 1.807) is 7.05 Å². The minimum absolute atomic E-state index is 0.405. The minimum atomic E-state index is 0.405. The van der Waals surface area contributed by atoms with Gasteiger partial charge in [-0.3, -0.25) is 4.99 Å². The lowest BCUT2D eigenvalue weighted by Gasteiger charge is -2.15. The van der Waals surface area contributed by atoms with Crippen LogP contribution in [0.2, 0.25) is 0 Å². The Balaban J connectivity index is 2.40. The molecular weight excluding hydrogens is 204 g/mol. The van der Waals surface area contributed by atoms with Gasteiger partial charge in [-0.05, 0) is 20.3 Å². The van der Waals surface area contributed by atoms with Crippen LogP contribution in [0.4, 0.5) is 0 Å². The van der Waals surface area contributed by atoms with E-state index in [1.807, 2.05) is 13.0 Å². The molecule has 5 nitrogen and oxygen atoms in total. The number of nitrogens with one attached hydrogen (secondary N) is 2. The van der Waals surface area contributed by atoms with Crippen LogP contribution in [0.3, 0.4) is 0 Å². The van der Waals surface area contributed by atoms with Gasteiger partial charge in [0.15, 0.2) is 11.7 Å². The summed E-state index contributed by atoms with van der Waals surface area (Å²) >= 11 is 0. The maximum absolute atomic E-state index is 5.10. The van der Waals surface area contributed by atoms with Crippen LogP contribution in [0.15, 0.2) is 15.6 Å². The molecular formula is C11H20N4O. The average molecular weight is 224 g/mol. The van der Waals surface area contributed by atoms with E-state index in [9.17, 15) is 0 Å². The fraction of sp³-hybridized carbons (Fsp3) is 0.636. The zero-order valence-corrected chi connectivity index (χ0v) is 10.4. The SMILES string of the molecule is CCC(C)NC(=NC)NCc1cc(C)no1. The summed E-state index contributed by atoms with van der Waals surface area (Å²) in [6.07, 6.45) is 1.06. The molecule has 0 radical (unpaired) electrons. The first-order valence-electron chi connectivity index (χ1n) is 5.55.